The van der Waals surface area contributed by atoms with E-state index in [4.69, 9.17) is 9.15 Å². The van der Waals surface area contributed by atoms with E-state index in [-0.39, 0.29) is 12.0 Å². The molecule has 2 aromatic carbocycles. The van der Waals surface area contributed by atoms with Gasteiger partial charge >= 0.3 is 0 Å². The van der Waals surface area contributed by atoms with Crippen molar-refractivity contribution >= 4 is 22.7 Å². The van der Waals surface area contributed by atoms with Gasteiger partial charge in [0.1, 0.15) is 11.3 Å². The van der Waals surface area contributed by atoms with Crippen molar-refractivity contribution in [2.45, 2.75) is 20.0 Å². The number of aromatic nitrogens is 2. The number of benzene rings is 2. The highest BCUT2D eigenvalue weighted by molar-refractivity contribution is 6.04. The Kier molecular flexibility index (Phi) is 4.76. The van der Waals surface area contributed by atoms with E-state index in [0.717, 1.165) is 5.56 Å². The van der Waals surface area contributed by atoms with Gasteiger partial charge in [-0.1, -0.05) is 6.07 Å². The molecule has 0 aliphatic heterocycles. The van der Waals surface area contributed by atoms with Crippen LogP contribution >= 0.6 is 0 Å². The lowest BCUT2D eigenvalue weighted by atomic mass is 10.1. The summed E-state index contributed by atoms with van der Waals surface area (Å²) >= 11 is 0. The Morgan fingerprint density at radius 1 is 1.11 bits per heavy atom. The van der Waals surface area contributed by atoms with Crippen LogP contribution in [0.25, 0.3) is 22.6 Å². The van der Waals surface area contributed by atoms with Gasteiger partial charge in [-0.3, -0.25) is 9.78 Å². The number of ether oxygens (including phenoxy) is 1. The molecule has 0 atom stereocenters. The molecular weight excluding hydrogens is 354 g/mol. The number of amides is 1. The largest absolute Gasteiger partial charge is 0.491 e. The van der Waals surface area contributed by atoms with Crippen molar-refractivity contribution in [2.75, 3.05) is 5.32 Å². The summed E-state index contributed by atoms with van der Waals surface area (Å²) < 4.78 is 11.4. The Hall–Kier alpha value is -3.67. The van der Waals surface area contributed by atoms with Crippen molar-refractivity contribution in [3.05, 3.63) is 72.6 Å². The number of fused-ring (bicyclic) bond motifs is 1. The third kappa shape index (κ3) is 3.86. The first-order valence-electron chi connectivity index (χ1n) is 8.97. The molecule has 140 valence electrons. The Bertz CT molecular complexity index is 1080. The first-order chi connectivity index (χ1) is 13.6. The van der Waals surface area contributed by atoms with E-state index >= 15 is 0 Å². The van der Waals surface area contributed by atoms with Gasteiger partial charge in [-0.15, -0.1) is 0 Å². The van der Waals surface area contributed by atoms with Crippen LogP contribution in [0.2, 0.25) is 0 Å². The summed E-state index contributed by atoms with van der Waals surface area (Å²) in [7, 11) is 0. The lowest BCUT2D eigenvalue weighted by Crippen LogP contribution is -2.12. The molecule has 1 N–H and O–H groups in total. The zero-order valence-electron chi connectivity index (χ0n) is 15.5. The highest BCUT2D eigenvalue weighted by Gasteiger charge is 2.10. The quantitative estimate of drug-likeness (QED) is 0.537. The molecule has 2 heterocycles. The minimum atomic E-state index is -0.199. The summed E-state index contributed by atoms with van der Waals surface area (Å²) in [6, 6.07) is 16.2. The number of pyridine rings is 1. The molecule has 0 saturated heterocycles. The van der Waals surface area contributed by atoms with E-state index in [1.54, 1.807) is 36.7 Å². The topological polar surface area (TPSA) is 77.2 Å². The second-order valence-corrected chi connectivity index (χ2v) is 6.59. The fraction of sp³-hybridized carbons (Fsp3) is 0.136. The number of carbonyl (C=O) groups excluding carboxylic acids is 1. The third-order valence-electron chi connectivity index (χ3n) is 4.05. The van der Waals surface area contributed by atoms with Crippen molar-refractivity contribution in [1.29, 1.82) is 0 Å². The molecule has 0 bridgehead atoms. The van der Waals surface area contributed by atoms with Gasteiger partial charge in [0.25, 0.3) is 5.91 Å². The molecule has 0 aliphatic rings. The maximum Gasteiger partial charge on any atom is 0.255 e. The lowest BCUT2D eigenvalue weighted by Gasteiger charge is -2.11. The number of anilines is 1. The van der Waals surface area contributed by atoms with Gasteiger partial charge in [-0.25, -0.2) is 4.98 Å². The number of rotatable bonds is 5. The van der Waals surface area contributed by atoms with Gasteiger partial charge in [0, 0.05) is 29.1 Å². The van der Waals surface area contributed by atoms with Gasteiger partial charge in [0.15, 0.2) is 5.58 Å². The van der Waals surface area contributed by atoms with Crippen molar-refractivity contribution in [2.24, 2.45) is 0 Å². The number of oxazole rings is 1. The van der Waals surface area contributed by atoms with Gasteiger partial charge in [-0.2, -0.15) is 0 Å². The predicted molar refractivity (Wildman–Crippen MR) is 107 cm³/mol. The van der Waals surface area contributed by atoms with Crippen molar-refractivity contribution in [3.8, 4) is 17.2 Å². The van der Waals surface area contributed by atoms with Gasteiger partial charge in [0.2, 0.25) is 5.89 Å². The van der Waals surface area contributed by atoms with Crippen LogP contribution in [-0.4, -0.2) is 22.0 Å². The number of nitrogens with zero attached hydrogens (tertiary/aromatic N) is 2. The summed E-state index contributed by atoms with van der Waals surface area (Å²) in [6.07, 6.45) is 3.37. The Morgan fingerprint density at radius 2 is 1.93 bits per heavy atom. The summed E-state index contributed by atoms with van der Waals surface area (Å²) in [6.45, 7) is 3.89. The van der Waals surface area contributed by atoms with Crippen molar-refractivity contribution in [3.63, 3.8) is 0 Å². The van der Waals surface area contributed by atoms with Crippen LogP contribution in [0.15, 0.2) is 71.4 Å². The molecule has 6 nitrogen and oxygen atoms in total. The molecule has 0 saturated carbocycles. The smallest absolute Gasteiger partial charge is 0.255 e. The van der Waals surface area contributed by atoms with Crippen molar-refractivity contribution < 1.29 is 13.9 Å². The van der Waals surface area contributed by atoms with Crippen LogP contribution < -0.4 is 10.1 Å². The molecule has 0 fully saturated rings. The van der Waals surface area contributed by atoms with E-state index in [1.807, 2.05) is 44.2 Å². The highest BCUT2D eigenvalue weighted by Crippen LogP contribution is 2.25. The minimum absolute atomic E-state index is 0.0495. The molecule has 28 heavy (non-hydrogen) atoms. The molecule has 4 aromatic rings. The summed E-state index contributed by atoms with van der Waals surface area (Å²) in [5.74, 6) is 0.984. The van der Waals surface area contributed by atoms with Crippen LogP contribution in [0.1, 0.15) is 24.2 Å². The maximum absolute atomic E-state index is 12.5. The summed E-state index contributed by atoms with van der Waals surface area (Å²) in [5.41, 5.74) is 3.43. The number of carbonyl (C=O) groups is 1. The first kappa shape index (κ1) is 17.7. The molecule has 0 aliphatic carbocycles. The Balaban J connectivity index is 1.49. The second kappa shape index (κ2) is 7.52. The Morgan fingerprint density at radius 3 is 2.68 bits per heavy atom. The van der Waals surface area contributed by atoms with E-state index < -0.39 is 0 Å². The van der Waals surface area contributed by atoms with E-state index in [2.05, 4.69) is 15.3 Å². The Labute approximate surface area is 162 Å². The molecule has 6 heteroatoms. The maximum atomic E-state index is 12.5. The van der Waals surface area contributed by atoms with E-state index in [0.29, 0.717) is 34.0 Å². The van der Waals surface area contributed by atoms with Crippen LogP contribution in [0, 0.1) is 0 Å². The minimum Gasteiger partial charge on any atom is -0.491 e. The third-order valence-corrected chi connectivity index (χ3v) is 4.05. The normalized spacial score (nSPS) is 11.0. The lowest BCUT2D eigenvalue weighted by molar-refractivity contribution is 0.102. The zero-order chi connectivity index (χ0) is 19.5. The average Bonchev–Trinajstić information content (AvgIpc) is 3.12. The van der Waals surface area contributed by atoms with E-state index in [9.17, 15) is 4.79 Å². The fourth-order valence-corrected chi connectivity index (χ4v) is 2.79. The van der Waals surface area contributed by atoms with Gasteiger partial charge < -0.3 is 14.5 Å². The summed E-state index contributed by atoms with van der Waals surface area (Å²) in [4.78, 5) is 21.0. The van der Waals surface area contributed by atoms with Crippen molar-refractivity contribution in [1.82, 2.24) is 9.97 Å². The van der Waals surface area contributed by atoms with Gasteiger partial charge in [0.05, 0.1) is 12.3 Å². The van der Waals surface area contributed by atoms with Crippen LogP contribution in [-0.2, 0) is 0 Å². The number of hydrogen-bond donors (Lipinski definition) is 1. The second-order valence-electron chi connectivity index (χ2n) is 6.59. The fourth-order valence-electron chi connectivity index (χ4n) is 2.79. The zero-order valence-corrected chi connectivity index (χ0v) is 15.5. The molecule has 0 unspecified atom stereocenters. The van der Waals surface area contributed by atoms with Crippen LogP contribution in [0.3, 0.4) is 0 Å². The van der Waals surface area contributed by atoms with Crippen LogP contribution in [0.4, 0.5) is 5.69 Å². The SMILES string of the molecule is CC(C)Oc1cccc(C(=O)Nc2ccc(-c3nc4cnccc4o3)cc2)c1. The van der Waals surface area contributed by atoms with Gasteiger partial charge in [-0.05, 0) is 56.3 Å². The average molecular weight is 373 g/mol. The molecule has 2 aromatic heterocycles. The predicted octanol–water partition coefficient (Wildman–Crippen LogP) is 4.93. The first-order valence-corrected chi connectivity index (χ1v) is 8.97. The number of nitrogens with one attached hydrogen (secondary N) is 1. The molecule has 0 radical (unpaired) electrons. The van der Waals surface area contributed by atoms with E-state index in [1.165, 1.54) is 0 Å². The molecule has 1 amide bonds. The molecule has 4 rings (SSSR count). The van der Waals surface area contributed by atoms with Crippen LogP contribution in [0.5, 0.6) is 5.75 Å². The molecular formula is C22H19N3O3. The highest BCUT2D eigenvalue weighted by atomic mass is 16.5. The number of hydrogen-bond acceptors (Lipinski definition) is 5. The monoisotopic (exact) mass is 373 g/mol. The summed E-state index contributed by atoms with van der Waals surface area (Å²) in [5, 5.41) is 2.89. The molecule has 0 spiro atoms. The standard InChI is InChI=1S/C22H19N3O3/c1-14(2)27-18-5-3-4-16(12-18)21(26)24-17-8-6-15(7-9-17)22-25-19-13-23-11-10-20(19)28-22/h3-14H,1-2H3,(H,24,26).